The molecule has 0 saturated heterocycles. The van der Waals surface area contributed by atoms with Gasteiger partial charge in [-0.25, -0.2) is 0 Å². The van der Waals surface area contributed by atoms with Crippen molar-refractivity contribution in [3.63, 3.8) is 0 Å². The van der Waals surface area contributed by atoms with Crippen LogP contribution in [0.4, 0.5) is 0 Å². The molecule has 0 aromatic heterocycles. The van der Waals surface area contributed by atoms with Gasteiger partial charge in [0.15, 0.2) is 0 Å². The number of aliphatic hydroxyl groups excluding tert-OH is 1. The lowest BCUT2D eigenvalue weighted by Crippen LogP contribution is -2.30. The minimum absolute atomic E-state index is 0.0524. The third-order valence-electron chi connectivity index (χ3n) is 2.43. The maximum atomic E-state index is 11.3. The molecule has 18 heavy (non-hydrogen) atoms. The summed E-state index contributed by atoms with van der Waals surface area (Å²) < 4.78 is 5.51. The smallest absolute Gasteiger partial charge is 0.220 e. The molecular formula is C14H21NO3. The zero-order valence-corrected chi connectivity index (χ0v) is 11.0. The fourth-order valence-corrected chi connectivity index (χ4v) is 1.41. The van der Waals surface area contributed by atoms with Gasteiger partial charge in [-0.15, -0.1) is 0 Å². The van der Waals surface area contributed by atoms with Crippen molar-refractivity contribution in [2.45, 2.75) is 32.8 Å². The lowest BCUT2D eigenvalue weighted by molar-refractivity contribution is -0.121. The Kier molecular flexibility index (Phi) is 6.22. The van der Waals surface area contributed by atoms with Crippen LogP contribution >= 0.6 is 0 Å². The lowest BCUT2D eigenvalue weighted by Gasteiger charge is -2.08. The molecule has 0 radical (unpaired) electrons. The van der Waals surface area contributed by atoms with Crippen molar-refractivity contribution in [1.82, 2.24) is 5.32 Å². The van der Waals surface area contributed by atoms with Crippen LogP contribution in [0.5, 0.6) is 5.75 Å². The minimum Gasteiger partial charge on any atom is -0.494 e. The summed E-state index contributed by atoms with van der Waals surface area (Å²) in [4.78, 5) is 11.3. The number of hydrogen-bond donors (Lipinski definition) is 2. The maximum absolute atomic E-state index is 11.3. The molecule has 0 fully saturated rings. The largest absolute Gasteiger partial charge is 0.494 e. The second kappa shape index (κ2) is 7.71. The van der Waals surface area contributed by atoms with Crippen molar-refractivity contribution in [1.29, 1.82) is 0 Å². The summed E-state index contributed by atoms with van der Waals surface area (Å²) in [5.41, 5.74) is 1.19. The second-order valence-corrected chi connectivity index (χ2v) is 4.42. The molecule has 1 aromatic rings. The Labute approximate surface area is 108 Å². The summed E-state index contributed by atoms with van der Waals surface area (Å²) in [5, 5.41) is 11.6. The van der Waals surface area contributed by atoms with E-state index in [2.05, 4.69) is 5.32 Å². The molecule has 1 rings (SSSR count). The first-order valence-corrected chi connectivity index (χ1v) is 6.22. The lowest BCUT2D eigenvalue weighted by atomic mass is 10.2. The summed E-state index contributed by atoms with van der Waals surface area (Å²) in [6, 6.07) is 7.82. The SMILES string of the molecule is Cc1ccc(OCCCC(=O)NCC(C)O)cc1. The summed E-state index contributed by atoms with van der Waals surface area (Å²) in [6.45, 7) is 4.49. The van der Waals surface area contributed by atoms with E-state index in [9.17, 15) is 4.79 Å². The molecule has 0 aliphatic heterocycles. The molecule has 2 N–H and O–H groups in total. The van der Waals surface area contributed by atoms with Crippen LogP contribution in [-0.4, -0.2) is 30.3 Å². The Balaban J connectivity index is 2.11. The number of nitrogens with one attached hydrogen (secondary N) is 1. The van der Waals surface area contributed by atoms with E-state index in [-0.39, 0.29) is 5.91 Å². The van der Waals surface area contributed by atoms with Crippen LogP contribution < -0.4 is 10.1 Å². The maximum Gasteiger partial charge on any atom is 0.220 e. The fourth-order valence-electron chi connectivity index (χ4n) is 1.41. The van der Waals surface area contributed by atoms with Gasteiger partial charge in [-0.05, 0) is 32.4 Å². The Hall–Kier alpha value is -1.55. The van der Waals surface area contributed by atoms with E-state index < -0.39 is 6.10 Å². The standard InChI is InChI=1S/C14H21NO3/c1-11-5-7-13(8-6-11)18-9-3-4-14(17)15-10-12(2)16/h5-8,12,16H,3-4,9-10H2,1-2H3,(H,15,17). The summed E-state index contributed by atoms with van der Waals surface area (Å²) in [7, 11) is 0. The zero-order chi connectivity index (χ0) is 13.4. The van der Waals surface area contributed by atoms with Crippen LogP contribution in [0, 0.1) is 6.92 Å². The second-order valence-electron chi connectivity index (χ2n) is 4.42. The fraction of sp³-hybridized carbons (Fsp3) is 0.500. The number of amides is 1. The van der Waals surface area contributed by atoms with Gasteiger partial charge in [0.05, 0.1) is 12.7 Å². The molecule has 1 atom stereocenters. The van der Waals surface area contributed by atoms with Crippen LogP contribution in [-0.2, 0) is 4.79 Å². The third kappa shape index (κ3) is 6.25. The van der Waals surface area contributed by atoms with Gasteiger partial charge < -0.3 is 15.2 Å². The molecule has 100 valence electrons. The highest BCUT2D eigenvalue weighted by molar-refractivity contribution is 5.75. The van der Waals surface area contributed by atoms with Gasteiger partial charge in [0.25, 0.3) is 0 Å². The topological polar surface area (TPSA) is 58.6 Å². The highest BCUT2D eigenvalue weighted by atomic mass is 16.5. The van der Waals surface area contributed by atoms with Crippen LogP contribution in [0.2, 0.25) is 0 Å². The van der Waals surface area contributed by atoms with Gasteiger partial charge in [0, 0.05) is 13.0 Å². The van der Waals surface area contributed by atoms with Gasteiger partial charge in [0.1, 0.15) is 5.75 Å². The summed E-state index contributed by atoms with van der Waals surface area (Å²) in [5.74, 6) is 0.772. The van der Waals surface area contributed by atoms with Crippen molar-refractivity contribution in [3.05, 3.63) is 29.8 Å². The van der Waals surface area contributed by atoms with Crippen molar-refractivity contribution in [2.75, 3.05) is 13.2 Å². The molecule has 1 unspecified atom stereocenters. The van der Waals surface area contributed by atoms with E-state index in [1.807, 2.05) is 31.2 Å². The van der Waals surface area contributed by atoms with E-state index in [1.165, 1.54) is 5.56 Å². The zero-order valence-electron chi connectivity index (χ0n) is 11.0. The normalized spacial score (nSPS) is 11.9. The molecule has 4 heteroatoms. The highest BCUT2D eigenvalue weighted by Gasteiger charge is 2.02. The molecule has 0 aliphatic rings. The van der Waals surface area contributed by atoms with E-state index in [4.69, 9.17) is 9.84 Å². The molecular weight excluding hydrogens is 230 g/mol. The van der Waals surface area contributed by atoms with Crippen LogP contribution in [0.15, 0.2) is 24.3 Å². The first-order valence-electron chi connectivity index (χ1n) is 6.22. The van der Waals surface area contributed by atoms with E-state index in [0.29, 0.717) is 26.0 Å². The van der Waals surface area contributed by atoms with Gasteiger partial charge in [-0.3, -0.25) is 4.79 Å². The van der Waals surface area contributed by atoms with Gasteiger partial charge >= 0.3 is 0 Å². The first kappa shape index (κ1) is 14.5. The summed E-state index contributed by atoms with van der Waals surface area (Å²) >= 11 is 0. The number of benzene rings is 1. The van der Waals surface area contributed by atoms with Gasteiger partial charge in [-0.1, -0.05) is 17.7 Å². The van der Waals surface area contributed by atoms with E-state index in [0.717, 1.165) is 5.75 Å². The Morgan fingerprint density at radius 2 is 2.06 bits per heavy atom. The Bertz CT molecular complexity index is 360. The number of aryl methyl sites for hydroxylation is 1. The molecule has 0 spiro atoms. The highest BCUT2D eigenvalue weighted by Crippen LogP contribution is 2.11. The quantitative estimate of drug-likeness (QED) is 0.724. The average Bonchev–Trinajstić information content (AvgIpc) is 2.34. The van der Waals surface area contributed by atoms with Crippen LogP contribution in [0.25, 0.3) is 0 Å². The van der Waals surface area contributed by atoms with Gasteiger partial charge in [0.2, 0.25) is 5.91 Å². The number of hydrogen-bond acceptors (Lipinski definition) is 3. The van der Waals surface area contributed by atoms with E-state index in [1.54, 1.807) is 6.92 Å². The summed E-state index contributed by atoms with van der Waals surface area (Å²) in [6.07, 6.45) is 0.579. The third-order valence-corrected chi connectivity index (χ3v) is 2.43. The monoisotopic (exact) mass is 251 g/mol. The molecule has 0 heterocycles. The molecule has 0 aliphatic carbocycles. The first-order chi connectivity index (χ1) is 8.58. The number of carbonyl (C=O) groups is 1. The number of aliphatic hydroxyl groups is 1. The molecule has 0 bridgehead atoms. The van der Waals surface area contributed by atoms with Gasteiger partial charge in [-0.2, -0.15) is 0 Å². The minimum atomic E-state index is -0.502. The van der Waals surface area contributed by atoms with Crippen molar-refractivity contribution in [2.24, 2.45) is 0 Å². The molecule has 0 saturated carbocycles. The predicted molar refractivity (Wildman–Crippen MR) is 70.6 cm³/mol. The van der Waals surface area contributed by atoms with Crippen LogP contribution in [0.1, 0.15) is 25.3 Å². The Morgan fingerprint density at radius 3 is 2.67 bits per heavy atom. The molecule has 4 nitrogen and oxygen atoms in total. The Morgan fingerprint density at radius 1 is 1.39 bits per heavy atom. The van der Waals surface area contributed by atoms with E-state index >= 15 is 0 Å². The predicted octanol–water partition coefficient (Wildman–Crippen LogP) is 1.65. The van der Waals surface area contributed by atoms with Crippen molar-refractivity contribution < 1.29 is 14.6 Å². The number of rotatable bonds is 7. The number of ether oxygens (including phenoxy) is 1. The van der Waals surface area contributed by atoms with Crippen molar-refractivity contribution in [3.8, 4) is 5.75 Å². The van der Waals surface area contributed by atoms with Crippen molar-refractivity contribution >= 4 is 5.91 Å². The van der Waals surface area contributed by atoms with Crippen LogP contribution in [0.3, 0.4) is 0 Å². The average molecular weight is 251 g/mol. The molecule has 1 aromatic carbocycles. The molecule has 1 amide bonds. The number of carbonyl (C=O) groups excluding carboxylic acids is 1.